The Bertz CT molecular complexity index is 902. The molecule has 0 amide bonds. The van der Waals surface area contributed by atoms with Crippen LogP contribution in [0, 0.1) is 0 Å². The number of para-hydroxylation sites is 2. The largest absolute Gasteiger partial charge is 0.355 e. The van der Waals surface area contributed by atoms with Crippen LogP contribution >= 0.6 is 0 Å². The molecule has 0 spiro atoms. The van der Waals surface area contributed by atoms with Crippen molar-refractivity contribution in [1.82, 2.24) is 29.6 Å². The number of fused-ring (bicyclic) bond motifs is 1. The fraction of sp³-hybridized carbons (Fsp3) is 0.474. The number of aromatic nitrogens is 5. The number of anilines is 1. The van der Waals surface area contributed by atoms with Crippen molar-refractivity contribution in [3.8, 4) is 0 Å². The Hall–Kier alpha value is -2.54. The Kier molecular flexibility index (Phi) is 4.55. The second kappa shape index (κ2) is 6.99. The third kappa shape index (κ3) is 3.26. The van der Waals surface area contributed by atoms with Gasteiger partial charge in [0, 0.05) is 26.1 Å². The van der Waals surface area contributed by atoms with Crippen LogP contribution in [0.25, 0.3) is 11.0 Å². The van der Waals surface area contributed by atoms with Gasteiger partial charge < -0.3 is 14.4 Å². The van der Waals surface area contributed by atoms with Gasteiger partial charge in [0.2, 0.25) is 0 Å². The molecule has 2 aromatic heterocycles. The van der Waals surface area contributed by atoms with Gasteiger partial charge in [0.25, 0.3) is 0 Å². The monoisotopic (exact) mass is 351 g/mol. The SMILES string of the molecule is CN(C)Cc1nnc(C2CCCN(c3cnc4ccccc4n3)C2)n1C. The van der Waals surface area contributed by atoms with Crippen LogP contribution < -0.4 is 4.90 Å². The number of nitrogens with zero attached hydrogens (tertiary/aromatic N) is 7. The molecule has 0 aliphatic carbocycles. The lowest BCUT2D eigenvalue weighted by molar-refractivity contribution is 0.382. The Labute approximate surface area is 153 Å². The molecule has 3 heterocycles. The molecule has 1 atom stereocenters. The van der Waals surface area contributed by atoms with Crippen LogP contribution in [0.5, 0.6) is 0 Å². The van der Waals surface area contributed by atoms with Gasteiger partial charge >= 0.3 is 0 Å². The molecule has 0 saturated carbocycles. The predicted octanol–water partition coefficient (Wildman–Crippen LogP) is 2.20. The number of piperidine rings is 1. The van der Waals surface area contributed by atoms with Crippen molar-refractivity contribution in [2.75, 3.05) is 32.1 Å². The molecule has 1 saturated heterocycles. The van der Waals surface area contributed by atoms with Crippen LogP contribution in [0.4, 0.5) is 5.82 Å². The van der Waals surface area contributed by atoms with Gasteiger partial charge in [-0.05, 0) is 39.1 Å². The fourth-order valence-electron chi connectivity index (χ4n) is 3.65. The predicted molar refractivity (Wildman–Crippen MR) is 102 cm³/mol. The zero-order valence-electron chi connectivity index (χ0n) is 15.6. The fourth-order valence-corrected chi connectivity index (χ4v) is 3.65. The van der Waals surface area contributed by atoms with Gasteiger partial charge in [-0.1, -0.05) is 12.1 Å². The summed E-state index contributed by atoms with van der Waals surface area (Å²) in [6, 6.07) is 8.01. The van der Waals surface area contributed by atoms with E-state index < -0.39 is 0 Å². The Morgan fingerprint density at radius 1 is 1.15 bits per heavy atom. The first kappa shape index (κ1) is 16.9. The Morgan fingerprint density at radius 3 is 2.77 bits per heavy atom. The van der Waals surface area contributed by atoms with Crippen LogP contribution in [0.3, 0.4) is 0 Å². The van der Waals surface area contributed by atoms with Crippen molar-refractivity contribution in [3.05, 3.63) is 42.1 Å². The molecule has 4 rings (SSSR count). The van der Waals surface area contributed by atoms with E-state index in [1.165, 1.54) is 0 Å². The van der Waals surface area contributed by atoms with E-state index in [0.29, 0.717) is 5.92 Å². The molecular formula is C19H25N7. The third-order valence-electron chi connectivity index (χ3n) is 5.00. The second-order valence-electron chi connectivity index (χ2n) is 7.27. The topological polar surface area (TPSA) is 63.0 Å². The number of benzene rings is 1. The van der Waals surface area contributed by atoms with E-state index in [1.54, 1.807) is 0 Å². The number of hydrogen-bond acceptors (Lipinski definition) is 6. The first-order valence-corrected chi connectivity index (χ1v) is 9.11. The van der Waals surface area contributed by atoms with E-state index in [0.717, 1.165) is 61.0 Å². The lowest BCUT2D eigenvalue weighted by atomic mass is 9.97. The van der Waals surface area contributed by atoms with Crippen LogP contribution in [0.15, 0.2) is 30.5 Å². The molecule has 1 fully saturated rings. The van der Waals surface area contributed by atoms with E-state index in [2.05, 4.69) is 50.7 Å². The van der Waals surface area contributed by atoms with Gasteiger partial charge in [0.1, 0.15) is 17.5 Å². The molecule has 136 valence electrons. The summed E-state index contributed by atoms with van der Waals surface area (Å²) >= 11 is 0. The summed E-state index contributed by atoms with van der Waals surface area (Å²) in [5.41, 5.74) is 1.88. The van der Waals surface area contributed by atoms with E-state index in [4.69, 9.17) is 4.98 Å². The van der Waals surface area contributed by atoms with Gasteiger partial charge in [-0.25, -0.2) is 4.98 Å². The zero-order chi connectivity index (χ0) is 18.1. The van der Waals surface area contributed by atoms with E-state index in [9.17, 15) is 0 Å². The Morgan fingerprint density at radius 2 is 1.96 bits per heavy atom. The maximum absolute atomic E-state index is 4.81. The van der Waals surface area contributed by atoms with Crippen LogP contribution in [-0.2, 0) is 13.6 Å². The highest BCUT2D eigenvalue weighted by molar-refractivity contribution is 5.75. The molecule has 7 nitrogen and oxygen atoms in total. The van der Waals surface area contributed by atoms with Crippen molar-refractivity contribution in [1.29, 1.82) is 0 Å². The molecule has 1 unspecified atom stereocenters. The molecular weight excluding hydrogens is 326 g/mol. The maximum Gasteiger partial charge on any atom is 0.147 e. The third-order valence-corrected chi connectivity index (χ3v) is 5.00. The molecule has 1 aromatic carbocycles. The maximum atomic E-state index is 4.81. The standard InChI is InChI=1S/C19H25N7/c1-24(2)13-18-22-23-19(25(18)3)14-7-6-10-26(12-14)17-11-20-15-8-4-5-9-16(15)21-17/h4-5,8-9,11,14H,6-7,10,12-13H2,1-3H3. The Balaban J connectivity index is 1.56. The highest BCUT2D eigenvalue weighted by Crippen LogP contribution is 2.28. The van der Waals surface area contributed by atoms with Crippen LogP contribution in [0.2, 0.25) is 0 Å². The molecule has 26 heavy (non-hydrogen) atoms. The summed E-state index contributed by atoms with van der Waals surface area (Å²) < 4.78 is 2.15. The van der Waals surface area contributed by atoms with Crippen molar-refractivity contribution >= 4 is 16.9 Å². The average molecular weight is 351 g/mol. The second-order valence-corrected chi connectivity index (χ2v) is 7.27. The van der Waals surface area contributed by atoms with Crippen LogP contribution in [-0.4, -0.2) is 56.8 Å². The van der Waals surface area contributed by atoms with E-state index in [-0.39, 0.29) is 0 Å². The average Bonchev–Trinajstić information content (AvgIpc) is 3.01. The van der Waals surface area contributed by atoms with Gasteiger partial charge in [-0.15, -0.1) is 10.2 Å². The summed E-state index contributed by atoms with van der Waals surface area (Å²) in [5, 5.41) is 8.89. The summed E-state index contributed by atoms with van der Waals surface area (Å²) in [5.74, 6) is 3.39. The normalized spacial score (nSPS) is 18.0. The van der Waals surface area contributed by atoms with Gasteiger partial charge in [0.05, 0.1) is 23.8 Å². The number of rotatable bonds is 4. The molecule has 0 bridgehead atoms. The van der Waals surface area contributed by atoms with Crippen molar-refractivity contribution in [2.45, 2.75) is 25.3 Å². The van der Waals surface area contributed by atoms with Crippen LogP contribution in [0.1, 0.15) is 30.4 Å². The van der Waals surface area contributed by atoms with Crippen molar-refractivity contribution in [3.63, 3.8) is 0 Å². The van der Waals surface area contributed by atoms with Gasteiger partial charge in [-0.3, -0.25) is 4.98 Å². The molecule has 0 N–H and O–H groups in total. The van der Waals surface area contributed by atoms with Gasteiger partial charge in [-0.2, -0.15) is 0 Å². The lowest BCUT2D eigenvalue weighted by Crippen LogP contribution is -2.36. The first-order valence-electron chi connectivity index (χ1n) is 9.11. The highest BCUT2D eigenvalue weighted by Gasteiger charge is 2.27. The lowest BCUT2D eigenvalue weighted by Gasteiger charge is -2.33. The molecule has 1 aliphatic rings. The molecule has 1 aliphatic heterocycles. The van der Waals surface area contributed by atoms with Gasteiger partial charge in [0.15, 0.2) is 0 Å². The zero-order valence-corrected chi connectivity index (χ0v) is 15.6. The summed E-state index contributed by atoms with van der Waals surface area (Å²) in [7, 11) is 6.17. The molecule has 3 aromatic rings. The van der Waals surface area contributed by atoms with Crippen molar-refractivity contribution < 1.29 is 0 Å². The smallest absolute Gasteiger partial charge is 0.147 e. The minimum atomic E-state index is 0.366. The summed E-state index contributed by atoms with van der Waals surface area (Å²) in [4.78, 5) is 13.8. The molecule has 7 heteroatoms. The van der Waals surface area contributed by atoms with E-state index >= 15 is 0 Å². The quantitative estimate of drug-likeness (QED) is 0.718. The van der Waals surface area contributed by atoms with E-state index in [1.807, 2.05) is 30.5 Å². The summed E-state index contributed by atoms with van der Waals surface area (Å²) in [6.45, 7) is 2.71. The summed E-state index contributed by atoms with van der Waals surface area (Å²) in [6.07, 6.45) is 4.14. The minimum Gasteiger partial charge on any atom is -0.355 e. The molecule has 0 radical (unpaired) electrons. The minimum absolute atomic E-state index is 0.366. The van der Waals surface area contributed by atoms with Crippen molar-refractivity contribution in [2.24, 2.45) is 7.05 Å². The number of hydrogen-bond donors (Lipinski definition) is 0. The highest BCUT2D eigenvalue weighted by atomic mass is 15.3. The first-order chi connectivity index (χ1) is 12.6.